The largest absolute Gasteiger partial charge is 0.293 e. The van der Waals surface area contributed by atoms with Gasteiger partial charge in [-0.25, -0.2) is 0 Å². The molecular formula is C15H12BrClO2S. The summed E-state index contributed by atoms with van der Waals surface area (Å²) in [5, 5.41) is 0.578. The minimum Gasteiger partial charge on any atom is -0.293 e. The first-order valence-electron chi connectivity index (χ1n) is 5.94. The zero-order valence-corrected chi connectivity index (χ0v) is 13.7. The number of carbonyl (C=O) groups is 1. The lowest BCUT2D eigenvalue weighted by molar-refractivity contribution is 0.102. The second-order valence-electron chi connectivity index (χ2n) is 4.22. The van der Waals surface area contributed by atoms with Gasteiger partial charge in [-0.15, -0.1) is 0 Å². The van der Waals surface area contributed by atoms with E-state index in [9.17, 15) is 9.00 Å². The van der Waals surface area contributed by atoms with Crippen LogP contribution in [-0.4, -0.2) is 15.7 Å². The van der Waals surface area contributed by atoms with E-state index < -0.39 is 10.8 Å². The Morgan fingerprint density at radius 2 is 1.75 bits per heavy atom. The average Bonchev–Trinajstić information content (AvgIpc) is 2.41. The van der Waals surface area contributed by atoms with Crippen LogP contribution in [0.2, 0.25) is 5.02 Å². The number of benzene rings is 2. The summed E-state index contributed by atoms with van der Waals surface area (Å²) in [6.45, 7) is 0. The third kappa shape index (κ3) is 4.01. The van der Waals surface area contributed by atoms with Crippen LogP contribution in [0.1, 0.15) is 15.9 Å². The van der Waals surface area contributed by atoms with E-state index in [1.165, 1.54) is 0 Å². The molecular weight excluding hydrogens is 360 g/mol. The summed E-state index contributed by atoms with van der Waals surface area (Å²) in [5.74, 6) is 0.145. The predicted octanol–water partition coefficient (Wildman–Crippen LogP) is 4.23. The Kier molecular flexibility index (Phi) is 5.52. The molecule has 0 bridgehead atoms. The van der Waals surface area contributed by atoms with Crippen LogP contribution in [0.5, 0.6) is 0 Å². The monoisotopic (exact) mass is 370 g/mol. The van der Waals surface area contributed by atoms with Crippen molar-refractivity contribution in [3.05, 3.63) is 69.2 Å². The molecule has 0 saturated heterocycles. The first-order chi connectivity index (χ1) is 9.58. The minimum absolute atomic E-state index is 0.00611. The van der Waals surface area contributed by atoms with Crippen molar-refractivity contribution < 1.29 is 9.00 Å². The number of halogens is 2. The summed E-state index contributed by atoms with van der Waals surface area (Å²) in [4.78, 5) is 12.1. The molecule has 1 atom stereocenters. The summed E-state index contributed by atoms with van der Waals surface area (Å²) >= 11 is 9.34. The van der Waals surface area contributed by atoms with Gasteiger partial charge in [0.05, 0.1) is 11.5 Å². The lowest BCUT2D eigenvalue weighted by atomic mass is 10.1. The number of Topliss-reactive ketones (excluding diaryl/α,β-unsaturated/α-hetero) is 1. The quantitative estimate of drug-likeness (QED) is 0.737. The summed E-state index contributed by atoms with van der Waals surface area (Å²) in [6, 6.07) is 14.4. The van der Waals surface area contributed by atoms with E-state index in [0.717, 1.165) is 10.0 Å². The summed E-state index contributed by atoms with van der Waals surface area (Å²) in [6.07, 6.45) is 0. The Morgan fingerprint density at radius 3 is 2.45 bits per heavy atom. The van der Waals surface area contributed by atoms with Crippen molar-refractivity contribution in [3.8, 4) is 0 Å². The van der Waals surface area contributed by atoms with E-state index in [1.54, 1.807) is 24.3 Å². The van der Waals surface area contributed by atoms with E-state index in [0.29, 0.717) is 10.6 Å². The van der Waals surface area contributed by atoms with Gasteiger partial charge in [-0.3, -0.25) is 9.00 Å². The van der Waals surface area contributed by atoms with E-state index >= 15 is 0 Å². The molecule has 0 aromatic heterocycles. The van der Waals surface area contributed by atoms with Crippen molar-refractivity contribution in [1.29, 1.82) is 0 Å². The third-order valence-electron chi connectivity index (χ3n) is 2.74. The molecule has 0 amide bonds. The van der Waals surface area contributed by atoms with Crippen LogP contribution >= 0.6 is 27.5 Å². The molecule has 2 rings (SSSR count). The highest BCUT2D eigenvalue weighted by atomic mass is 79.9. The number of hydrogen-bond donors (Lipinski definition) is 0. The molecule has 20 heavy (non-hydrogen) atoms. The van der Waals surface area contributed by atoms with E-state index in [1.807, 2.05) is 24.3 Å². The van der Waals surface area contributed by atoms with Crippen LogP contribution in [0.15, 0.2) is 53.0 Å². The van der Waals surface area contributed by atoms with Crippen LogP contribution < -0.4 is 0 Å². The van der Waals surface area contributed by atoms with Gasteiger partial charge in [0.2, 0.25) is 0 Å². The molecule has 0 aliphatic carbocycles. The van der Waals surface area contributed by atoms with Gasteiger partial charge in [-0.2, -0.15) is 0 Å². The first kappa shape index (κ1) is 15.4. The maximum absolute atomic E-state index is 12.1. The van der Waals surface area contributed by atoms with Crippen LogP contribution in [-0.2, 0) is 16.6 Å². The van der Waals surface area contributed by atoms with Crippen molar-refractivity contribution in [2.75, 3.05) is 5.75 Å². The van der Waals surface area contributed by atoms with Crippen molar-refractivity contribution >= 4 is 44.1 Å². The van der Waals surface area contributed by atoms with Gasteiger partial charge in [0, 0.05) is 25.9 Å². The van der Waals surface area contributed by atoms with E-state index in [-0.39, 0.29) is 17.3 Å². The fourth-order valence-corrected chi connectivity index (χ4v) is 3.69. The number of rotatable bonds is 5. The number of ketones is 1. The molecule has 5 heteroatoms. The van der Waals surface area contributed by atoms with Gasteiger partial charge in [0.1, 0.15) is 0 Å². The van der Waals surface area contributed by atoms with Crippen molar-refractivity contribution in [2.45, 2.75) is 5.75 Å². The SMILES string of the molecule is O=C(CS(=O)Cc1ccccc1Cl)c1ccccc1Br. The molecule has 0 saturated carbocycles. The lowest BCUT2D eigenvalue weighted by Gasteiger charge is -2.05. The van der Waals surface area contributed by atoms with Crippen LogP contribution in [0.4, 0.5) is 0 Å². The minimum atomic E-state index is -1.27. The molecule has 0 heterocycles. The Hall–Kier alpha value is -0.970. The number of carbonyl (C=O) groups excluding carboxylic acids is 1. The molecule has 0 fully saturated rings. The molecule has 104 valence electrons. The average molecular weight is 372 g/mol. The van der Waals surface area contributed by atoms with Crippen molar-refractivity contribution in [2.24, 2.45) is 0 Å². The Labute approximate surface area is 133 Å². The molecule has 0 aliphatic rings. The highest BCUT2D eigenvalue weighted by molar-refractivity contribution is 9.10. The molecule has 2 aromatic rings. The van der Waals surface area contributed by atoms with Crippen LogP contribution in [0.25, 0.3) is 0 Å². The van der Waals surface area contributed by atoms with Gasteiger partial charge in [0.15, 0.2) is 5.78 Å². The lowest BCUT2D eigenvalue weighted by Crippen LogP contribution is -2.13. The maximum Gasteiger partial charge on any atom is 0.176 e. The van der Waals surface area contributed by atoms with E-state index in [4.69, 9.17) is 11.6 Å². The zero-order valence-electron chi connectivity index (χ0n) is 10.5. The maximum atomic E-state index is 12.1. The molecule has 0 aliphatic heterocycles. The standard InChI is InChI=1S/C15H12BrClO2S/c16-13-7-3-2-6-12(13)15(18)10-20(19)9-11-5-1-4-8-14(11)17/h1-8H,9-10H2. The summed E-state index contributed by atoms with van der Waals surface area (Å²) < 4.78 is 12.8. The second kappa shape index (κ2) is 7.16. The first-order valence-corrected chi connectivity index (χ1v) is 8.60. The highest BCUT2D eigenvalue weighted by Crippen LogP contribution is 2.19. The second-order valence-corrected chi connectivity index (χ2v) is 6.94. The Balaban J connectivity index is 2.04. The Morgan fingerprint density at radius 1 is 1.10 bits per heavy atom. The number of hydrogen-bond acceptors (Lipinski definition) is 2. The molecule has 1 unspecified atom stereocenters. The van der Waals surface area contributed by atoms with Crippen LogP contribution in [0.3, 0.4) is 0 Å². The van der Waals surface area contributed by atoms with Crippen molar-refractivity contribution in [3.63, 3.8) is 0 Å². The molecule has 0 spiro atoms. The fourth-order valence-electron chi connectivity index (χ4n) is 1.75. The third-order valence-corrected chi connectivity index (χ3v) is 5.02. The summed E-state index contributed by atoms with van der Waals surface area (Å²) in [5.41, 5.74) is 1.35. The fraction of sp³-hybridized carbons (Fsp3) is 0.133. The van der Waals surface area contributed by atoms with Crippen molar-refractivity contribution in [1.82, 2.24) is 0 Å². The van der Waals surface area contributed by atoms with E-state index in [2.05, 4.69) is 15.9 Å². The van der Waals surface area contributed by atoms with Gasteiger partial charge in [0.25, 0.3) is 0 Å². The van der Waals surface area contributed by atoms with Gasteiger partial charge in [-0.1, -0.05) is 63.9 Å². The topological polar surface area (TPSA) is 34.1 Å². The van der Waals surface area contributed by atoms with Crippen LogP contribution in [0, 0.1) is 0 Å². The van der Waals surface area contributed by atoms with Gasteiger partial charge in [-0.05, 0) is 17.7 Å². The van der Waals surface area contributed by atoms with Gasteiger partial charge >= 0.3 is 0 Å². The molecule has 0 radical (unpaired) electrons. The highest BCUT2D eigenvalue weighted by Gasteiger charge is 2.14. The normalized spacial score (nSPS) is 12.1. The molecule has 2 nitrogen and oxygen atoms in total. The molecule has 2 aromatic carbocycles. The Bertz CT molecular complexity index is 658. The predicted molar refractivity (Wildman–Crippen MR) is 86.6 cm³/mol. The van der Waals surface area contributed by atoms with Gasteiger partial charge < -0.3 is 0 Å². The smallest absolute Gasteiger partial charge is 0.176 e. The molecule has 0 N–H and O–H groups in total. The summed E-state index contributed by atoms with van der Waals surface area (Å²) in [7, 11) is -1.27. The zero-order chi connectivity index (χ0) is 14.5.